The van der Waals surface area contributed by atoms with Gasteiger partial charge >= 0.3 is 0 Å². The average Bonchev–Trinajstić information content (AvgIpc) is 2.47. The quantitative estimate of drug-likeness (QED) is 0.841. The number of unbranched alkanes of at least 4 members (excludes halogenated alkanes) is 1. The predicted octanol–water partition coefficient (Wildman–Crippen LogP) is 2.45. The maximum Gasteiger partial charge on any atom is 0.118 e. The third-order valence-corrected chi connectivity index (χ3v) is 2.60. The largest absolute Gasteiger partial charge is 0.508 e. The van der Waals surface area contributed by atoms with Crippen molar-refractivity contribution in [3.05, 3.63) is 29.8 Å². The molecular weight excluding hydrogens is 252 g/mol. The van der Waals surface area contributed by atoms with Gasteiger partial charge in [-0.25, -0.2) is 0 Å². The van der Waals surface area contributed by atoms with Gasteiger partial charge in [-0.3, -0.25) is 0 Å². The Balaban J connectivity index is 0. The SMILES string of the molecule is C=O.CCCCc1ccccc1O.CN(C)CCCN. The highest BCUT2D eigenvalue weighted by Gasteiger charge is 1.96. The molecule has 0 heterocycles. The minimum absolute atomic E-state index is 0.431. The molecule has 1 aromatic carbocycles. The molecule has 0 fully saturated rings. The Hall–Kier alpha value is -1.39. The molecule has 0 unspecified atom stereocenters. The van der Waals surface area contributed by atoms with Crippen molar-refractivity contribution in [2.45, 2.75) is 32.6 Å². The first kappa shape index (κ1) is 20.9. The fraction of sp³-hybridized carbons (Fsp3) is 0.562. The molecule has 0 amide bonds. The van der Waals surface area contributed by atoms with E-state index >= 15 is 0 Å². The minimum atomic E-state index is 0.431. The monoisotopic (exact) mass is 282 g/mol. The topological polar surface area (TPSA) is 66.6 Å². The summed E-state index contributed by atoms with van der Waals surface area (Å²) in [5.74, 6) is 0.431. The molecule has 1 aromatic rings. The maximum absolute atomic E-state index is 9.34. The lowest BCUT2D eigenvalue weighted by molar-refractivity contribution is -0.0979. The summed E-state index contributed by atoms with van der Waals surface area (Å²) in [7, 11) is 4.10. The van der Waals surface area contributed by atoms with E-state index < -0.39 is 0 Å². The zero-order valence-electron chi connectivity index (χ0n) is 13.1. The van der Waals surface area contributed by atoms with Gasteiger partial charge in [0.15, 0.2) is 0 Å². The Kier molecular flexibility index (Phi) is 16.4. The maximum atomic E-state index is 9.34. The van der Waals surface area contributed by atoms with Gasteiger partial charge in [0.05, 0.1) is 0 Å². The van der Waals surface area contributed by atoms with E-state index in [0.717, 1.165) is 37.9 Å². The average molecular weight is 282 g/mol. The van der Waals surface area contributed by atoms with Gasteiger partial charge in [0.2, 0.25) is 0 Å². The summed E-state index contributed by atoms with van der Waals surface area (Å²) in [6.07, 6.45) is 4.42. The van der Waals surface area contributed by atoms with Crippen LogP contribution in [0.5, 0.6) is 5.75 Å². The van der Waals surface area contributed by atoms with Crippen LogP contribution in [0.4, 0.5) is 0 Å². The lowest BCUT2D eigenvalue weighted by Gasteiger charge is -2.05. The highest BCUT2D eigenvalue weighted by Crippen LogP contribution is 2.17. The van der Waals surface area contributed by atoms with Gasteiger partial charge < -0.3 is 20.5 Å². The van der Waals surface area contributed by atoms with Crippen LogP contribution in [0.2, 0.25) is 0 Å². The first-order chi connectivity index (χ1) is 9.61. The van der Waals surface area contributed by atoms with Gasteiger partial charge in [0.25, 0.3) is 0 Å². The second-order valence-corrected chi connectivity index (χ2v) is 4.68. The second-order valence-electron chi connectivity index (χ2n) is 4.68. The molecule has 0 aliphatic rings. The number of carbonyl (C=O) groups is 1. The van der Waals surface area contributed by atoms with Crippen molar-refractivity contribution in [1.29, 1.82) is 0 Å². The van der Waals surface area contributed by atoms with Gasteiger partial charge in [-0.15, -0.1) is 0 Å². The van der Waals surface area contributed by atoms with E-state index in [1.165, 1.54) is 6.42 Å². The van der Waals surface area contributed by atoms with Crippen LogP contribution in [0, 0.1) is 0 Å². The Labute approximate surface area is 123 Å². The number of phenols is 1. The van der Waals surface area contributed by atoms with Crippen molar-refractivity contribution in [2.24, 2.45) is 5.73 Å². The lowest BCUT2D eigenvalue weighted by atomic mass is 10.1. The van der Waals surface area contributed by atoms with E-state index in [9.17, 15) is 5.11 Å². The summed E-state index contributed by atoms with van der Waals surface area (Å²) in [5.41, 5.74) is 6.31. The zero-order valence-corrected chi connectivity index (χ0v) is 13.1. The number of nitrogens with two attached hydrogens (primary N) is 1. The molecule has 0 saturated carbocycles. The summed E-state index contributed by atoms with van der Waals surface area (Å²) in [4.78, 5) is 10.1. The molecule has 1 rings (SSSR count). The first-order valence-electron chi connectivity index (χ1n) is 7.02. The Bertz CT molecular complexity index is 317. The Morgan fingerprint density at radius 3 is 2.20 bits per heavy atom. The van der Waals surface area contributed by atoms with Crippen LogP contribution < -0.4 is 5.73 Å². The normalized spacial score (nSPS) is 9.25. The molecule has 116 valence electrons. The van der Waals surface area contributed by atoms with Crippen molar-refractivity contribution < 1.29 is 9.90 Å². The number of para-hydroxylation sites is 1. The fourth-order valence-electron chi connectivity index (χ4n) is 1.50. The van der Waals surface area contributed by atoms with Gasteiger partial charge in [-0.2, -0.15) is 0 Å². The van der Waals surface area contributed by atoms with Crippen LogP contribution in [-0.4, -0.2) is 44.0 Å². The zero-order chi connectivity index (χ0) is 15.8. The molecule has 4 nitrogen and oxygen atoms in total. The van der Waals surface area contributed by atoms with E-state index in [0.29, 0.717) is 5.75 Å². The van der Waals surface area contributed by atoms with Gasteiger partial charge in [0.1, 0.15) is 12.5 Å². The number of aryl methyl sites for hydroxylation is 1. The Morgan fingerprint density at radius 1 is 1.20 bits per heavy atom. The number of nitrogens with zero attached hydrogens (tertiary/aromatic N) is 1. The van der Waals surface area contributed by atoms with Crippen molar-refractivity contribution in [2.75, 3.05) is 27.2 Å². The summed E-state index contributed by atoms with van der Waals surface area (Å²) in [5, 5.41) is 9.34. The van der Waals surface area contributed by atoms with Crippen molar-refractivity contribution in [3.8, 4) is 5.75 Å². The van der Waals surface area contributed by atoms with Crippen molar-refractivity contribution in [3.63, 3.8) is 0 Å². The molecule has 20 heavy (non-hydrogen) atoms. The van der Waals surface area contributed by atoms with Gasteiger partial charge in [0, 0.05) is 0 Å². The van der Waals surface area contributed by atoms with E-state index in [1.807, 2.05) is 25.0 Å². The summed E-state index contributed by atoms with van der Waals surface area (Å²) >= 11 is 0. The molecular formula is C16H30N2O2. The molecule has 0 atom stereocenters. The van der Waals surface area contributed by atoms with Crippen LogP contribution in [0.25, 0.3) is 0 Å². The molecule has 0 bridgehead atoms. The molecule has 0 spiro atoms. The van der Waals surface area contributed by atoms with Crippen LogP contribution in [0.15, 0.2) is 24.3 Å². The molecule has 0 radical (unpaired) electrons. The summed E-state index contributed by atoms with van der Waals surface area (Å²) < 4.78 is 0. The van der Waals surface area contributed by atoms with Gasteiger partial charge in [-0.05, 0) is 58.1 Å². The molecule has 3 N–H and O–H groups in total. The third-order valence-electron chi connectivity index (χ3n) is 2.60. The summed E-state index contributed by atoms with van der Waals surface area (Å²) in [6, 6.07) is 7.53. The molecule has 0 aromatic heterocycles. The van der Waals surface area contributed by atoms with Crippen LogP contribution >= 0.6 is 0 Å². The van der Waals surface area contributed by atoms with E-state index in [-0.39, 0.29) is 0 Å². The number of phenolic OH excluding ortho intramolecular Hbond substituents is 1. The standard InChI is InChI=1S/C10H14O.C5H14N2.CH2O/c1-2-3-6-9-7-4-5-8-10(9)11;1-7(2)5-3-4-6;1-2/h4-5,7-8,11H,2-3,6H2,1H3;3-6H2,1-2H3;1H2. The molecule has 0 aliphatic heterocycles. The molecule has 0 saturated heterocycles. The van der Waals surface area contributed by atoms with E-state index in [1.54, 1.807) is 6.07 Å². The summed E-state index contributed by atoms with van der Waals surface area (Å²) in [6.45, 7) is 6.06. The van der Waals surface area contributed by atoms with Crippen LogP contribution in [-0.2, 0) is 11.2 Å². The number of aromatic hydroxyl groups is 1. The highest BCUT2D eigenvalue weighted by atomic mass is 16.3. The molecule has 0 aliphatic carbocycles. The van der Waals surface area contributed by atoms with Gasteiger partial charge in [-0.1, -0.05) is 31.5 Å². The predicted molar refractivity (Wildman–Crippen MR) is 86.1 cm³/mol. The molecule has 4 heteroatoms. The van der Waals surface area contributed by atoms with E-state index in [4.69, 9.17) is 10.5 Å². The second kappa shape index (κ2) is 15.7. The number of hydrogen-bond donors (Lipinski definition) is 2. The van der Waals surface area contributed by atoms with Crippen molar-refractivity contribution in [1.82, 2.24) is 4.90 Å². The van der Waals surface area contributed by atoms with Crippen molar-refractivity contribution >= 4 is 6.79 Å². The fourth-order valence-corrected chi connectivity index (χ4v) is 1.50. The lowest BCUT2D eigenvalue weighted by Crippen LogP contribution is -2.16. The highest BCUT2D eigenvalue weighted by molar-refractivity contribution is 5.31. The smallest absolute Gasteiger partial charge is 0.118 e. The number of benzene rings is 1. The van der Waals surface area contributed by atoms with E-state index in [2.05, 4.69) is 25.9 Å². The number of carbonyl (C=O) groups excluding carboxylic acids is 1. The third kappa shape index (κ3) is 13.1. The van der Waals surface area contributed by atoms with Crippen LogP contribution in [0.1, 0.15) is 31.7 Å². The number of rotatable bonds is 6. The first-order valence-corrected chi connectivity index (χ1v) is 7.02. The minimum Gasteiger partial charge on any atom is -0.508 e. The number of hydrogen-bond acceptors (Lipinski definition) is 4. The van der Waals surface area contributed by atoms with Crippen LogP contribution in [0.3, 0.4) is 0 Å². The Morgan fingerprint density at radius 2 is 1.80 bits per heavy atom.